The summed E-state index contributed by atoms with van der Waals surface area (Å²) in [4.78, 5) is 1.28. The molecule has 3 nitrogen and oxygen atoms in total. The molecule has 0 bridgehead atoms. The Morgan fingerprint density at radius 1 is 1.25 bits per heavy atom. The van der Waals surface area contributed by atoms with Gasteiger partial charge in [-0.1, -0.05) is 6.07 Å². The highest BCUT2D eigenvalue weighted by molar-refractivity contribution is 9.10. The maximum atomic E-state index is 12.6. The Morgan fingerprint density at radius 3 is 2.50 bits per heavy atom. The number of rotatable bonds is 4. The summed E-state index contributed by atoms with van der Waals surface area (Å²) >= 11 is 8.23. The molecule has 0 fully saturated rings. The van der Waals surface area contributed by atoms with E-state index in [0.717, 1.165) is 14.9 Å². The third kappa shape index (κ3) is 3.51. The molecule has 20 heavy (non-hydrogen) atoms. The van der Waals surface area contributed by atoms with E-state index in [4.69, 9.17) is 0 Å². The fourth-order valence-electron chi connectivity index (χ4n) is 1.72. The molecule has 0 N–H and O–H groups in total. The number of halogens is 2. The van der Waals surface area contributed by atoms with Gasteiger partial charge in [-0.25, -0.2) is 8.42 Å². The monoisotopic (exact) mass is 437 g/mol. The third-order valence-corrected chi connectivity index (χ3v) is 7.24. The molecule has 0 amide bonds. The molecule has 2 rings (SSSR count). The lowest BCUT2D eigenvalue weighted by atomic mass is 10.2. The van der Waals surface area contributed by atoms with Crippen molar-refractivity contribution < 1.29 is 8.42 Å². The van der Waals surface area contributed by atoms with E-state index >= 15 is 0 Å². The van der Waals surface area contributed by atoms with Crippen molar-refractivity contribution in [1.29, 1.82) is 0 Å². The van der Waals surface area contributed by atoms with E-state index in [1.165, 1.54) is 15.6 Å². The van der Waals surface area contributed by atoms with Crippen LogP contribution in [0.4, 0.5) is 0 Å². The summed E-state index contributed by atoms with van der Waals surface area (Å²) in [7, 11) is -1.91. The van der Waals surface area contributed by atoms with Crippen LogP contribution in [0.5, 0.6) is 0 Å². The van der Waals surface area contributed by atoms with E-state index < -0.39 is 10.0 Å². The number of benzene rings is 1. The molecular formula is C13H13Br2NO2S2. The van der Waals surface area contributed by atoms with Crippen LogP contribution in [0.1, 0.15) is 10.4 Å². The van der Waals surface area contributed by atoms with Gasteiger partial charge in [-0.15, -0.1) is 11.3 Å². The minimum Gasteiger partial charge on any atom is -0.207 e. The normalized spacial score (nSPS) is 12.1. The Morgan fingerprint density at radius 2 is 1.95 bits per heavy atom. The molecule has 108 valence electrons. The summed E-state index contributed by atoms with van der Waals surface area (Å²) in [5.41, 5.74) is 1.01. The van der Waals surface area contributed by atoms with Crippen LogP contribution in [-0.2, 0) is 16.6 Å². The van der Waals surface area contributed by atoms with Crippen LogP contribution in [0.15, 0.2) is 43.5 Å². The van der Waals surface area contributed by atoms with Crippen molar-refractivity contribution in [1.82, 2.24) is 4.31 Å². The first-order chi connectivity index (χ1) is 9.30. The fourth-order valence-corrected chi connectivity index (χ4v) is 5.61. The molecule has 0 saturated carbocycles. The minimum absolute atomic E-state index is 0.293. The first-order valence-electron chi connectivity index (χ1n) is 5.76. The Hall–Kier alpha value is -0.210. The average molecular weight is 439 g/mol. The fraction of sp³-hybridized carbons (Fsp3) is 0.231. The summed E-state index contributed by atoms with van der Waals surface area (Å²) in [5.74, 6) is 0. The number of nitrogens with zero attached hydrogens (tertiary/aromatic N) is 1. The van der Waals surface area contributed by atoms with Crippen LogP contribution < -0.4 is 0 Å². The molecule has 2 aromatic rings. The van der Waals surface area contributed by atoms with Crippen molar-refractivity contribution in [2.45, 2.75) is 18.4 Å². The average Bonchev–Trinajstić information content (AvgIpc) is 2.74. The molecule has 0 radical (unpaired) electrons. The van der Waals surface area contributed by atoms with Gasteiger partial charge in [0.15, 0.2) is 0 Å². The van der Waals surface area contributed by atoms with Gasteiger partial charge in [0.05, 0.1) is 4.90 Å². The lowest BCUT2D eigenvalue weighted by molar-refractivity contribution is 0.469. The second-order valence-corrected chi connectivity index (χ2v) is 9.21. The van der Waals surface area contributed by atoms with Crippen LogP contribution in [0.2, 0.25) is 0 Å². The third-order valence-electron chi connectivity index (χ3n) is 2.78. The number of hydrogen-bond acceptors (Lipinski definition) is 3. The Bertz CT molecular complexity index is 726. The lowest BCUT2D eigenvalue weighted by Crippen LogP contribution is -2.26. The second kappa shape index (κ2) is 6.27. The molecule has 7 heteroatoms. The molecule has 0 aliphatic rings. The van der Waals surface area contributed by atoms with E-state index in [1.54, 1.807) is 19.2 Å². The van der Waals surface area contributed by atoms with Crippen molar-refractivity contribution in [3.05, 3.63) is 49.0 Å². The van der Waals surface area contributed by atoms with Crippen molar-refractivity contribution in [2.24, 2.45) is 0 Å². The Labute approximate surface area is 139 Å². The number of hydrogen-bond donors (Lipinski definition) is 0. The highest BCUT2D eigenvalue weighted by Gasteiger charge is 2.23. The quantitative estimate of drug-likeness (QED) is 0.709. The molecule has 1 aromatic heterocycles. The lowest BCUT2D eigenvalue weighted by Gasteiger charge is -2.17. The first-order valence-corrected chi connectivity index (χ1v) is 9.66. The summed E-state index contributed by atoms with van der Waals surface area (Å²) in [6.07, 6.45) is 0. The van der Waals surface area contributed by atoms with Crippen molar-refractivity contribution in [3.63, 3.8) is 0 Å². The number of aryl methyl sites for hydroxylation is 1. The van der Waals surface area contributed by atoms with Gasteiger partial charge in [-0.05, 0) is 62.5 Å². The predicted molar refractivity (Wildman–Crippen MR) is 89.6 cm³/mol. The van der Waals surface area contributed by atoms with Crippen molar-refractivity contribution in [2.75, 3.05) is 7.05 Å². The zero-order valence-electron chi connectivity index (χ0n) is 10.9. The van der Waals surface area contributed by atoms with Gasteiger partial charge >= 0.3 is 0 Å². The zero-order valence-corrected chi connectivity index (χ0v) is 15.7. The molecule has 0 unspecified atom stereocenters. The zero-order chi connectivity index (χ0) is 14.9. The van der Waals surface area contributed by atoms with Crippen LogP contribution in [0.3, 0.4) is 0 Å². The summed E-state index contributed by atoms with van der Waals surface area (Å²) < 4.78 is 28.1. The van der Waals surface area contributed by atoms with Gasteiger partial charge in [0, 0.05) is 32.8 Å². The molecule has 0 aliphatic heterocycles. The topological polar surface area (TPSA) is 37.4 Å². The molecule has 0 spiro atoms. The molecule has 0 aliphatic carbocycles. The highest BCUT2D eigenvalue weighted by atomic mass is 79.9. The van der Waals surface area contributed by atoms with Crippen molar-refractivity contribution >= 4 is 53.2 Å². The largest absolute Gasteiger partial charge is 0.244 e. The van der Waals surface area contributed by atoms with Crippen LogP contribution in [0, 0.1) is 6.92 Å². The molecule has 1 heterocycles. The standard InChI is InChI=1S/C13H13Br2NO2S2/c1-9-3-4-13(12(15)5-9)20(17,18)16(2)7-11-6-10(14)8-19-11/h3-6,8H,7H2,1-2H3. The molecule has 1 aromatic carbocycles. The number of thiophene rings is 1. The molecule has 0 saturated heterocycles. The van der Waals surface area contributed by atoms with E-state index in [1.807, 2.05) is 24.4 Å². The second-order valence-electron chi connectivity index (χ2n) is 4.43. The maximum absolute atomic E-state index is 12.6. The SMILES string of the molecule is Cc1ccc(S(=O)(=O)N(C)Cc2cc(Br)cs2)c(Br)c1. The van der Waals surface area contributed by atoms with Crippen LogP contribution >= 0.6 is 43.2 Å². The Kier molecular flexibility index (Phi) is 5.07. The summed E-state index contributed by atoms with van der Waals surface area (Å²) in [6, 6.07) is 7.17. The van der Waals surface area contributed by atoms with E-state index in [9.17, 15) is 8.42 Å². The van der Waals surface area contributed by atoms with Crippen molar-refractivity contribution in [3.8, 4) is 0 Å². The first kappa shape index (κ1) is 16.2. The number of sulfonamides is 1. The van der Waals surface area contributed by atoms with E-state index in [-0.39, 0.29) is 0 Å². The summed E-state index contributed by atoms with van der Waals surface area (Å²) in [6.45, 7) is 2.28. The van der Waals surface area contributed by atoms with Gasteiger partial charge in [-0.3, -0.25) is 0 Å². The van der Waals surface area contributed by atoms with Gasteiger partial charge in [-0.2, -0.15) is 4.31 Å². The predicted octanol–water partition coefficient (Wildman–Crippen LogP) is 4.40. The van der Waals surface area contributed by atoms with Gasteiger partial charge in [0.1, 0.15) is 0 Å². The Balaban J connectivity index is 2.29. The van der Waals surface area contributed by atoms with E-state index in [2.05, 4.69) is 31.9 Å². The van der Waals surface area contributed by atoms with E-state index in [0.29, 0.717) is 15.9 Å². The van der Waals surface area contributed by atoms with Gasteiger partial charge in [0.25, 0.3) is 0 Å². The maximum Gasteiger partial charge on any atom is 0.244 e. The molecular weight excluding hydrogens is 426 g/mol. The van der Waals surface area contributed by atoms with Gasteiger partial charge in [0.2, 0.25) is 10.0 Å². The smallest absolute Gasteiger partial charge is 0.207 e. The minimum atomic E-state index is -3.50. The molecule has 0 atom stereocenters. The highest BCUT2D eigenvalue weighted by Crippen LogP contribution is 2.28. The van der Waals surface area contributed by atoms with Crippen LogP contribution in [0.25, 0.3) is 0 Å². The van der Waals surface area contributed by atoms with Crippen LogP contribution in [-0.4, -0.2) is 19.8 Å². The summed E-state index contributed by atoms with van der Waals surface area (Å²) in [5, 5.41) is 1.94. The van der Waals surface area contributed by atoms with Gasteiger partial charge < -0.3 is 0 Å².